The standard InChI is InChI=1S/C14H10ClFN4OS/c15-9-4-3-8(6-10(9)16)18-12(21)7-22-14-19-11-2-1-5-17-13(11)20-14/h1-6H,7H2,(H,18,21)(H,17,19,20). The first-order valence-corrected chi connectivity index (χ1v) is 7.66. The van der Waals surface area contributed by atoms with Gasteiger partial charge in [0.1, 0.15) is 5.82 Å². The summed E-state index contributed by atoms with van der Waals surface area (Å²) in [7, 11) is 0. The summed E-state index contributed by atoms with van der Waals surface area (Å²) in [6, 6.07) is 7.77. The van der Waals surface area contributed by atoms with Gasteiger partial charge in [-0.3, -0.25) is 4.79 Å². The number of anilines is 1. The van der Waals surface area contributed by atoms with E-state index in [4.69, 9.17) is 11.6 Å². The monoisotopic (exact) mass is 336 g/mol. The van der Waals surface area contributed by atoms with Gasteiger partial charge in [0, 0.05) is 11.9 Å². The molecular weight excluding hydrogens is 327 g/mol. The lowest BCUT2D eigenvalue weighted by molar-refractivity contribution is -0.113. The zero-order chi connectivity index (χ0) is 15.5. The van der Waals surface area contributed by atoms with Gasteiger partial charge in [-0.25, -0.2) is 14.4 Å². The number of aromatic amines is 1. The zero-order valence-corrected chi connectivity index (χ0v) is 12.7. The minimum atomic E-state index is -0.574. The summed E-state index contributed by atoms with van der Waals surface area (Å²) in [5.74, 6) is -0.694. The molecule has 0 aliphatic rings. The van der Waals surface area contributed by atoms with Gasteiger partial charge in [0.15, 0.2) is 10.8 Å². The van der Waals surface area contributed by atoms with E-state index in [1.165, 1.54) is 23.9 Å². The summed E-state index contributed by atoms with van der Waals surface area (Å²) < 4.78 is 13.3. The molecular formula is C14H10ClFN4OS. The smallest absolute Gasteiger partial charge is 0.234 e. The van der Waals surface area contributed by atoms with Crippen molar-refractivity contribution in [1.82, 2.24) is 15.0 Å². The lowest BCUT2D eigenvalue weighted by Crippen LogP contribution is -2.14. The highest BCUT2D eigenvalue weighted by atomic mass is 35.5. The van der Waals surface area contributed by atoms with Gasteiger partial charge in [-0.15, -0.1) is 0 Å². The van der Waals surface area contributed by atoms with Gasteiger partial charge >= 0.3 is 0 Å². The van der Waals surface area contributed by atoms with Gasteiger partial charge in [0.05, 0.1) is 16.3 Å². The van der Waals surface area contributed by atoms with E-state index in [2.05, 4.69) is 20.3 Å². The molecule has 22 heavy (non-hydrogen) atoms. The number of pyridine rings is 1. The maximum Gasteiger partial charge on any atom is 0.234 e. The van der Waals surface area contributed by atoms with Crippen molar-refractivity contribution in [3.8, 4) is 0 Å². The van der Waals surface area contributed by atoms with Gasteiger partial charge in [-0.1, -0.05) is 23.4 Å². The molecule has 0 saturated carbocycles. The lowest BCUT2D eigenvalue weighted by atomic mass is 10.3. The van der Waals surface area contributed by atoms with Crippen molar-refractivity contribution in [1.29, 1.82) is 0 Å². The van der Waals surface area contributed by atoms with Gasteiger partial charge in [0.25, 0.3) is 0 Å². The highest BCUT2D eigenvalue weighted by Crippen LogP contribution is 2.20. The van der Waals surface area contributed by atoms with Crippen LogP contribution < -0.4 is 5.32 Å². The predicted molar refractivity (Wildman–Crippen MR) is 84.7 cm³/mol. The Bertz CT molecular complexity index is 806. The minimum Gasteiger partial charge on any atom is -0.332 e. The predicted octanol–water partition coefficient (Wildman–Crippen LogP) is 3.48. The summed E-state index contributed by atoms with van der Waals surface area (Å²) >= 11 is 6.83. The largest absolute Gasteiger partial charge is 0.332 e. The second-order valence-corrected chi connectivity index (χ2v) is 5.75. The molecule has 0 aliphatic heterocycles. The van der Waals surface area contributed by atoms with Crippen molar-refractivity contribution in [3.63, 3.8) is 0 Å². The van der Waals surface area contributed by atoms with E-state index >= 15 is 0 Å². The van der Waals surface area contributed by atoms with E-state index in [0.717, 1.165) is 5.52 Å². The second-order valence-electron chi connectivity index (χ2n) is 4.38. The highest BCUT2D eigenvalue weighted by Gasteiger charge is 2.09. The van der Waals surface area contributed by atoms with Crippen LogP contribution in [0.1, 0.15) is 0 Å². The average molecular weight is 337 g/mol. The Morgan fingerprint density at radius 3 is 3.05 bits per heavy atom. The lowest BCUT2D eigenvalue weighted by Gasteiger charge is -2.04. The van der Waals surface area contributed by atoms with Crippen molar-refractivity contribution < 1.29 is 9.18 Å². The molecule has 8 heteroatoms. The number of H-pyrrole nitrogens is 1. The Kier molecular flexibility index (Phi) is 4.26. The Morgan fingerprint density at radius 2 is 2.27 bits per heavy atom. The second kappa shape index (κ2) is 6.33. The van der Waals surface area contributed by atoms with Crippen LogP contribution in [0.25, 0.3) is 11.2 Å². The third-order valence-electron chi connectivity index (χ3n) is 2.78. The Morgan fingerprint density at radius 1 is 1.41 bits per heavy atom. The van der Waals surface area contributed by atoms with Crippen LogP contribution in [0, 0.1) is 5.82 Å². The maximum atomic E-state index is 13.3. The first-order valence-electron chi connectivity index (χ1n) is 6.30. The minimum absolute atomic E-state index is 0.0159. The Hall–Kier alpha value is -2.12. The SMILES string of the molecule is O=C(CSc1nc2ncccc2[nH]1)Nc1ccc(Cl)c(F)c1. The van der Waals surface area contributed by atoms with Crippen LogP contribution in [-0.2, 0) is 4.79 Å². The first-order chi connectivity index (χ1) is 10.6. The fraction of sp³-hybridized carbons (Fsp3) is 0.0714. The average Bonchev–Trinajstić information content (AvgIpc) is 2.92. The number of imidazole rings is 1. The van der Waals surface area contributed by atoms with Crippen molar-refractivity contribution in [2.24, 2.45) is 0 Å². The van der Waals surface area contributed by atoms with Gasteiger partial charge in [-0.05, 0) is 30.3 Å². The molecule has 2 N–H and O–H groups in total. The molecule has 0 atom stereocenters. The van der Waals surface area contributed by atoms with E-state index in [-0.39, 0.29) is 16.7 Å². The van der Waals surface area contributed by atoms with E-state index < -0.39 is 5.82 Å². The molecule has 0 bridgehead atoms. The molecule has 0 spiro atoms. The number of hydrogen-bond donors (Lipinski definition) is 2. The van der Waals surface area contributed by atoms with E-state index in [1.807, 2.05) is 6.07 Å². The maximum absolute atomic E-state index is 13.3. The number of rotatable bonds is 4. The summed E-state index contributed by atoms with van der Waals surface area (Å²) in [6.45, 7) is 0. The number of benzene rings is 1. The molecule has 3 rings (SSSR count). The number of fused-ring (bicyclic) bond motifs is 1. The number of carbonyl (C=O) groups excluding carboxylic acids is 1. The molecule has 2 heterocycles. The molecule has 1 aromatic carbocycles. The molecule has 0 aliphatic carbocycles. The summed E-state index contributed by atoms with van der Waals surface area (Å²) in [5.41, 5.74) is 1.77. The van der Waals surface area contributed by atoms with Crippen LogP contribution >= 0.6 is 23.4 Å². The molecule has 0 radical (unpaired) electrons. The summed E-state index contributed by atoms with van der Waals surface area (Å²) in [5, 5.41) is 3.22. The van der Waals surface area contributed by atoms with Crippen molar-refractivity contribution >= 4 is 46.1 Å². The summed E-state index contributed by atoms with van der Waals surface area (Å²) in [4.78, 5) is 23.3. The van der Waals surface area contributed by atoms with E-state index in [0.29, 0.717) is 16.5 Å². The normalized spacial score (nSPS) is 10.8. The van der Waals surface area contributed by atoms with Crippen LogP contribution in [-0.4, -0.2) is 26.6 Å². The van der Waals surface area contributed by atoms with Gasteiger partial charge < -0.3 is 10.3 Å². The Labute approximate surface area is 134 Å². The van der Waals surface area contributed by atoms with Crippen LogP contribution in [0.15, 0.2) is 41.7 Å². The molecule has 0 unspecified atom stereocenters. The van der Waals surface area contributed by atoms with Gasteiger partial charge in [0.2, 0.25) is 5.91 Å². The molecule has 3 aromatic rings. The number of halogens is 2. The fourth-order valence-corrected chi connectivity index (χ4v) is 2.59. The zero-order valence-electron chi connectivity index (χ0n) is 11.1. The molecule has 0 saturated heterocycles. The number of carbonyl (C=O) groups is 1. The molecule has 2 aromatic heterocycles. The molecule has 1 amide bonds. The van der Waals surface area contributed by atoms with Crippen LogP contribution in [0.2, 0.25) is 5.02 Å². The number of nitrogens with one attached hydrogen (secondary N) is 2. The quantitative estimate of drug-likeness (QED) is 0.715. The van der Waals surface area contributed by atoms with Crippen molar-refractivity contribution in [2.75, 3.05) is 11.1 Å². The third kappa shape index (κ3) is 3.37. The highest BCUT2D eigenvalue weighted by molar-refractivity contribution is 7.99. The number of aromatic nitrogens is 3. The van der Waals surface area contributed by atoms with Crippen LogP contribution in [0.3, 0.4) is 0 Å². The molecule has 112 valence electrons. The van der Waals surface area contributed by atoms with Crippen molar-refractivity contribution in [3.05, 3.63) is 47.4 Å². The topological polar surface area (TPSA) is 70.7 Å². The van der Waals surface area contributed by atoms with Crippen LogP contribution in [0.4, 0.5) is 10.1 Å². The third-order valence-corrected chi connectivity index (χ3v) is 3.96. The number of nitrogens with zero attached hydrogens (tertiary/aromatic N) is 2. The van der Waals surface area contributed by atoms with Crippen LogP contribution in [0.5, 0.6) is 0 Å². The Balaban J connectivity index is 1.60. The summed E-state index contributed by atoms with van der Waals surface area (Å²) in [6.07, 6.45) is 1.65. The first kappa shape index (κ1) is 14.8. The van der Waals surface area contributed by atoms with E-state index in [1.54, 1.807) is 18.3 Å². The fourth-order valence-electron chi connectivity index (χ4n) is 1.80. The van der Waals surface area contributed by atoms with Crippen molar-refractivity contribution in [2.45, 2.75) is 5.16 Å². The van der Waals surface area contributed by atoms with Gasteiger partial charge in [-0.2, -0.15) is 0 Å². The van der Waals surface area contributed by atoms with E-state index in [9.17, 15) is 9.18 Å². The number of amides is 1. The number of thioether (sulfide) groups is 1. The molecule has 0 fully saturated rings. The number of hydrogen-bond acceptors (Lipinski definition) is 4. The molecule has 5 nitrogen and oxygen atoms in total.